The van der Waals surface area contributed by atoms with Gasteiger partial charge in [-0.05, 0) is 24.3 Å². The predicted molar refractivity (Wildman–Crippen MR) is 108 cm³/mol. The Balaban J connectivity index is 1.47. The summed E-state index contributed by atoms with van der Waals surface area (Å²) < 4.78 is 17.0. The smallest absolute Gasteiger partial charge is 0.257 e. The summed E-state index contributed by atoms with van der Waals surface area (Å²) in [4.78, 5) is 22.3. The average molecular weight is 405 g/mol. The molecule has 0 bridgehead atoms. The van der Waals surface area contributed by atoms with E-state index in [4.69, 9.17) is 19.5 Å². The first-order valence-corrected chi connectivity index (χ1v) is 9.69. The highest BCUT2D eigenvalue weighted by Gasteiger charge is 2.28. The molecule has 0 radical (unpaired) electrons. The number of hydrogen-bond acceptors (Lipinski definition) is 7. The lowest BCUT2D eigenvalue weighted by Gasteiger charge is -2.29. The van der Waals surface area contributed by atoms with Gasteiger partial charge in [0.25, 0.3) is 5.91 Å². The Hall–Kier alpha value is -3.77. The topological polar surface area (TPSA) is 112 Å². The minimum atomic E-state index is -0.0958. The summed E-state index contributed by atoms with van der Waals surface area (Å²) in [6.07, 6.45) is 1.63. The highest BCUT2D eigenvalue weighted by molar-refractivity contribution is 5.99. The fourth-order valence-corrected chi connectivity index (χ4v) is 3.65. The van der Waals surface area contributed by atoms with Crippen molar-refractivity contribution in [2.75, 3.05) is 44.8 Å². The number of aromatic amines is 1. The quantitative estimate of drug-likeness (QED) is 0.688. The molecule has 2 N–H and O–H groups in total. The summed E-state index contributed by atoms with van der Waals surface area (Å²) in [5.74, 6) is 1.42. The van der Waals surface area contributed by atoms with E-state index in [1.807, 2.05) is 6.07 Å². The number of pyridine rings is 1. The number of H-pyrrole nitrogens is 1. The Kier molecular flexibility index (Phi) is 4.61. The first kappa shape index (κ1) is 18.3. The molecule has 2 aliphatic rings. The molecule has 1 aromatic carbocycles. The molecular weight excluding hydrogens is 386 g/mol. The first-order chi connectivity index (χ1) is 14.7. The lowest BCUT2D eigenvalue weighted by Crippen LogP contribution is -2.41. The van der Waals surface area contributed by atoms with Gasteiger partial charge < -0.3 is 29.4 Å². The molecule has 5 rings (SSSR count). The monoisotopic (exact) mass is 405 g/mol. The highest BCUT2D eigenvalue weighted by Crippen LogP contribution is 2.42. The van der Waals surface area contributed by atoms with Gasteiger partial charge in [-0.1, -0.05) is 0 Å². The third-order valence-electron chi connectivity index (χ3n) is 5.14. The molecule has 1 amide bonds. The number of hydrogen-bond donors (Lipinski definition) is 2. The van der Waals surface area contributed by atoms with Crippen LogP contribution in [0.5, 0.6) is 11.5 Å². The number of fused-ring (bicyclic) bond motifs is 2. The number of benzene rings is 1. The summed E-state index contributed by atoms with van der Waals surface area (Å²) in [7, 11) is 0. The average Bonchev–Trinajstić information content (AvgIpc) is 3.22. The molecule has 0 spiro atoms. The maximum absolute atomic E-state index is 13.0. The Labute approximate surface area is 172 Å². The van der Waals surface area contributed by atoms with Gasteiger partial charge in [0.2, 0.25) is 0 Å². The summed E-state index contributed by atoms with van der Waals surface area (Å²) in [6.45, 7) is 2.95. The van der Waals surface area contributed by atoms with Crippen molar-refractivity contribution in [2.45, 2.75) is 0 Å². The van der Waals surface area contributed by atoms with Gasteiger partial charge >= 0.3 is 0 Å². The number of nitriles is 1. The van der Waals surface area contributed by atoms with Crippen LogP contribution < -0.4 is 14.8 Å². The summed E-state index contributed by atoms with van der Waals surface area (Å²) in [5, 5.41) is 13.1. The lowest BCUT2D eigenvalue weighted by atomic mass is 10.1. The van der Waals surface area contributed by atoms with Crippen molar-refractivity contribution >= 4 is 28.4 Å². The molecule has 0 unspecified atom stereocenters. The second kappa shape index (κ2) is 7.57. The van der Waals surface area contributed by atoms with Crippen LogP contribution in [0.2, 0.25) is 0 Å². The maximum Gasteiger partial charge on any atom is 0.257 e. The Morgan fingerprint density at radius 3 is 2.70 bits per heavy atom. The van der Waals surface area contributed by atoms with E-state index in [0.29, 0.717) is 79.3 Å². The minimum absolute atomic E-state index is 0.0958. The molecule has 2 aromatic heterocycles. The van der Waals surface area contributed by atoms with E-state index in [1.54, 1.807) is 29.3 Å². The molecular formula is C21H19N5O4. The number of aromatic nitrogens is 2. The number of ether oxygens (including phenoxy) is 3. The predicted octanol–water partition coefficient (Wildman–Crippen LogP) is 2.42. The molecule has 9 nitrogen and oxygen atoms in total. The van der Waals surface area contributed by atoms with Gasteiger partial charge in [-0.25, -0.2) is 4.98 Å². The van der Waals surface area contributed by atoms with E-state index in [1.165, 1.54) is 0 Å². The second-order valence-corrected chi connectivity index (χ2v) is 6.95. The van der Waals surface area contributed by atoms with Gasteiger partial charge in [0, 0.05) is 24.7 Å². The van der Waals surface area contributed by atoms with Gasteiger partial charge in [0.15, 0.2) is 11.5 Å². The maximum atomic E-state index is 13.0. The number of morpholine rings is 1. The van der Waals surface area contributed by atoms with Crippen LogP contribution in [0, 0.1) is 11.3 Å². The van der Waals surface area contributed by atoms with Crippen molar-refractivity contribution in [3.63, 3.8) is 0 Å². The SMILES string of the molecule is N#Cc1c[nH]c2nc(Nc3ccc(C(=O)N4CCOCC4)c4c3OCCO4)ccc12. The fourth-order valence-electron chi connectivity index (χ4n) is 3.65. The molecule has 0 atom stereocenters. The summed E-state index contributed by atoms with van der Waals surface area (Å²) in [6, 6.07) is 9.30. The number of carbonyl (C=O) groups excluding carboxylic acids is 1. The van der Waals surface area contributed by atoms with E-state index >= 15 is 0 Å². The van der Waals surface area contributed by atoms with Crippen LogP contribution >= 0.6 is 0 Å². The summed E-state index contributed by atoms with van der Waals surface area (Å²) >= 11 is 0. The van der Waals surface area contributed by atoms with Crippen LogP contribution in [0.1, 0.15) is 15.9 Å². The standard InChI is InChI=1S/C21H19N5O4/c22-11-13-12-23-20-14(13)2-4-17(25-20)24-16-3-1-15(18-19(16)30-10-9-29-18)21(27)26-5-7-28-8-6-26/h1-4,12H,5-10H2,(H2,23,24,25). The van der Waals surface area contributed by atoms with E-state index < -0.39 is 0 Å². The van der Waals surface area contributed by atoms with Gasteiger partial charge in [0.1, 0.15) is 30.7 Å². The molecule has 3 aromatic rings. The number of amides is 1. The van der Waals surface area contributed by atoms with Crippen molar-refractivity contribution in [1.82, 2.24) is 14.9 Å². The second-order valence-electron chi connectivity index (χ2n) is 6.95. The molecule has 4 heterocycles. The fraction of sp³-hybridized carbons (Fsp3) is 0.286. The Morgan fingerprint density at radius 2 is 1.90 bits per heavy atom. The van der Waals surface area contributed by atoms with Crippen molar-refractivity contribution in [3.05, 3.63) is 41.6 Å². The number of rotatable bonds is 3. The van der Waals surface area contributed by atoms with Crippen LogP contribution in [0.3, 0.4) is 0 Å². The van der Waals surface area contributed by atoms with E-state index in [2.05, 4.69) is 21.4 Å². The third-order valence-corrected chi connectivity index (χ3v) is 5.14. The minimum Gasteiger partial charge on any atom is -0.485 e. The van der Waals surface area contributed by atoms with Crippen LogP contribution in [0.4, 0.5) is 11.5 Å². The zero-order valence-corrected chi connectivity index (χ0v) is 16.1. The normalized spacial score (nSPS) is 15.6. The number of carbonyl (C=O) groups is 1. The van der Waals surface area contributed by atoms with E-state index in [9.17, 15) is 4.79 Å². The Bertz CT molecular complexity index is 1160. The third kappa shape index (κ3) is 3.17. The van der Waals surface area contributed by atoms with Crippen molar-refractivity contribution in [3.8, 4) is 17.6 Å². The van der Waals surface area contributed by atoms with Gasteiger partial charge in [-0.3, -0.25) is 4.79 Å². The van der Waals surface area contributed by atoms with Crippen LogP contribution in [-0.4, -0.2) is 60.3 Å². The first-order valence-electron chi connectivity index (χ1n) is 9.69. The zero-order chi connectivity index (χ0) is 20.5. The van der Waals surface area contributed by atoms with Crippen molar-refractivity contribution < 1.29 is 19.0 Å². The molecule has 1 fully saturated rings. The number of nitrogens with one attached hydrogen (secondary N) is 2. The largest absolute Gasteiger partial charge is 0.485 e. The molecule has 0 aliphatic carbocycles. The van der Waals surface area contributed by atoms with Gasteiger partial charge in [-0.15, -0.1) is 0 Å². The number of nitrogens with zero attached hydrogens (tertiary/aromatic N) is 3. The molecule has 2 aliphatic heterocycles. The lowest BCUT2D eigenvalue weighted by molar-refractivity contribution is 0.0298. The van der Waals surface area contributed by atoms with Crippen LogP contribution in [0.15, 0.2) is 30.5 Å². The zero-order valence-electron chi connectivity index (χ0n) is 16.1. The summed E-state index contributed by atoms with van der Waals surface area (Å²) in [5.41, 5.74) is 2.29. The molecule has 30 heavy (non-hydrogen) atoms. The Morgan fingerprint density at radius 1 is 1.10 bits per heavy atom. The van der Waals surface area contributed by atoms with E-state index in [0.717, 1.165) is 5.39 Å². The highest BCUT2D eigenvalue weighted by atomic mass is 16.6. The van der Waals surface area contributed by atoms with Crippen molar-refractivity contribution in [2.24, 2.45) is 0 Å². The van der Waals surface area contributed by atoms with Gasteiger partial charge in [0.05, 0.1) is 30.0 Å². The van der Waals surface area contributed by atoms with Crippen molar-refractivity contribution in [1.29, 1.82) is 5.26 Å². The van der Waals surface area contributed by atoms with Crippen LogP contribution in [-0.2, 0) is 4.74 Å². The molecule has 1 saturated heterocycles. The van der Waals surface area contributed by atoms with Gasteiger partial charge in [-0.2, -0.15) is 5.26 Å². The van der Waals surface area contributed by atoms with Crippen LogP contribution in [0.25, 0.3) is 11.0 Å². The molecule has 152 valence electrons. The molecule has 0 saturated carbocycles. The number of anilines is 2. The van der Waals surface area contributed by atoms with E-state index in [-0.39, 0.29) is 5.91 Å². The molecule has 9 heteroatoms.